The molecule has 0 N–H and O–H groups in total. The van der Waals surface area contributed by atoms with E-state index in [-0.39, 0.29) is 23.9 Å². The zero-order chi connectivity index (χ0) is 14.8. The number of hydrogen-bond acceptors (Lipinski definition) is 4. The van der Waals surface area contributed by atoms with Crippen LogP contribution < -0.4 is 0 Å². The summed E-state index contributed by atoms with van der Waals surface area (Å²) in [6.45, 7) is 3.32. The summed E-state index contributed by atoms with van der Waals surface area (Å²) in [4.78, 5) is 33.3. The molecule has 5 nitrogen and oxygen atoms in total. The van der Waals surface area contributed by atoms with Crippen LogP contribution in [0.5, 0.6) is 0 Å². The van der Waals surface area contributed by atoms with Gasteiger partial charge in [0.2, 0.25) is 11.8 Å². The Hall–Kier alpha value is -1.43. The molecule has 0 saturated carbocycles. The van der Waals surface area contributed by atoms with Crippen molar-refractivity contribution < 1.29 is 9.59 Å². The van der Waals surface area contributed by atoms with Gasteiger partial charge in [0, 0.05) is 31.1 Å². The summed E-state index contributed by atoms with van der Waals surface area (Å²) in [6.07, 6.45) is 5.89. The minimum Gasteiger partial charge on any atom is -0.331 e. The van der Waals surface area contributed by atoms with E-state index in [0.29, 0.717) is 13.0 Å². The monoisotopic (exact) mass is 307 g/mol. The van der Waals surface area contributed by atoms with Crippen LogP contribution in [-0.2, 0) is 9.59 Å². The van der Waals surface area contributed by atoms with Crippen molar-refractivity contribution in [3.63, 3.8) is 0 Å². The number of amides is 2. The van der Waals surface area contributed by atoms with Crippen molar-refractivity contribution in [2.45, 2.75) is 51.1 Å². The van der Waals surface area contributed by atoms with E-state index in [1.807, 2.05) is 10.3 Å². The smallest absolute Gasteiger partial charge is 0.245 e. The third-order valence-electron chi connectivity index (χ3n) is 4.46. The van der Waals surface area contributed by atoms with Gasteiger partial charge in [0.1, 0.15) is 11.0 Å². The summed E-state index contributed by atoms with van der Waals surface area (Å²) in [5.74, 6) is 0.243. The molecule has 2 amide bonds. The van der Waals surface area contributed by atoms with Crippen LogP contribution in [0.15, 0.2) is 11.6 Å². The van der Waals surface area contributed by atoms with Crippen molar-refractivity contribution in [2.75, 3.05) is 13.1 Å². The average Bonchev–Trinajstić information content (AvgIpc) is 3.00. The quantitative estimate of drug-likeness (QED) is 0.860. The van der Waals surface area contributed by atoms with Gasteiger partial charge in [-0.2, -0.15) is 0 Å². The summed E-state index contributed by atoms with van der Waals surface area (Å²) in [7, 11) is 0. The second kappa shape index (κ2) is 6.13. The van der Waals surface area contributed by atoms with E-state index in [9.17, 15) is 9.59 Å². The maximum absolute atomic E-state index is 12.9. The van der Waals surface area contributed by atoms with Crippen LogP contribution in [0.2, 0.25) is 0 Å². The Bertz CT molecular complexity index is 517. The van der Waals surface area contributed by atoms with Crippen LogP contribution >= 0.6 is 11.3 Å². The minimum absolute atomic E-state index is 0.00664. The van der Waals surface area contributed by atoms with Gasteiger partial charge in [-0.1, -0.05) is 6.92 Å². The lowest BCUT2D eigenvalue weighted by Gasteiger charge is -2.36. The third-order valence-corrected chi connectivity index (χ3v) is 5.33. The molecule has 0 aliphatic carbocycles. The summed E-state index contributed by atoms with van der Waals surface area (Å²) in [5.41, 5.74) is 0. The number of rotatable bonds is 3. The lowest BCUT2D eigenvalue weighted by Crippen LogP contribution is -2.50. The molecule has 3 heterocycles. The molecule has 2 aliphatic heterocycles. The topological polar surface area (TPSA) is 53.5 Å². The van der Waals surface area contributed by atoms with Gasteiger partial charge in [-0.15, -0.1) is 11.3 Å². The van der Waals surface area contributed by atoms with Gasteiger partial charge in [-0.3, -0.25) is 9.59 Å². The molecular weight excluding hydrogens is 286 g/mol. The molecule has 2 aliphatic rings. The van der Waals surface area contributed by atoms with Crippen molar-refractivity contribution in [2.24, 2.45) is 0 Å². The predicted octanol–water partition coefficient (Wildman–Crippen LogP) is 2.21. The van der Waals surface area contributed by atoms with Crippen molar-refractivity contribution in [1.82, 2.24) is 14.8 Å². The highest BCUT2D eigenvalue weighted by Gasteiger charge is 2.40. The Balaban J connectivity index is 1.88. The summed E-state index contributed by atoms with van der Waals surface area (Å²) in [6, 6.07) is -0.241. The fraction of sp³-hybridized carbons (Fsp3) is 0.667. The van der Waals surface area contributed by atoms with Crippen molar-refractivity contribution >= 4 is 23.2 Å². The molecule has 3 rings (SSSR count). The van der Waals surface area contributed by atoms with Gasteiger partial charge in [-0.05, 0) is 25.7 Å². The molecule has 1 aromatic rings. The molecular formula is C15H21N3O2S. The molecule has 1 aromatic heterocycles. The molecule has 0 spiro atoms. The van der Waals surface area contributed by atoms with Crippen LogP contribution in [0.3, 0.4) is 0 Å². The van der Waals surface area contributed by atoms with Crippen molar-refractivity contribution in [3.05, 3.63) is 16.6 Å². The number of hydrogen-bond donors (Lipinski definition) is 0. The number of thiazole rings is 1. The molecule has 2 fully saturated rings. The first-order valence-electron chi connectivity index (χ1n) is 7.71. The standard InChI is InChI=1S/C15H21N3O2S/c1-2-11(14-16-7-10-21-14)18-9-6-13(19)17-8-4-3-5-12(17)15(18)20/h7,10-12H,2-6,8-9H2,1H3. The predicted molar refractivity (Wildman–Crippen MR) is 80.8 cm³/mol. The van der Waals surface area contributed by atoms with Gasteiger partial charge in [0.25, 0.3) is 0 Å². The molecule has 2 atom stereocenters. The molecule has 6 heteroatoms. The highest BCUT2D eigenvalue weighted by molar-refractivity contribution is 7.09. The van der Waals surface area contributed by atoms with Crippen LogP contribution in [0.25, 0.3) is 0 Å². The Morgan fingerprint density at radius 3 is 2.95 bits per heavy atom. The number of piperidine rings is 1. The Morgan fingerprint density at radius 1 is 1.38 bits per heavy atom. The van der Waals surface area contributed by atoms with Gasteiger partial charge in [-0.25, -0.2) is 4.98 Å². The Kier molecular flexibility index (Phi) is 4.24. The number of fused-ring (bicyclic) bond motifs is 1. The molecule has 2 unspecified atom stereocenters. The van der Waals surface area contributed by atoms with Crippen LogP contribution in [0.1, 0.15) is 50.1 Å². The maximum atomic E-state index is 12.9. The van der Waals surface area contributed by atoms with E-state index >= 15 is 0 Å². The fourth-order valence-electron chi connectivity index (χ4n) is 3.38. The number of carbonyl (C=O) groups is 2. The normalized spacial score (nSPS) is 24.7. The van der Waals surface area contributed by atoms with E-state index in [1.165, 1.54) is 0 Å². The molecule has 114 valence electrons. The van der Waals surface area contributed by atoms with Crippen LogP contribution in [-0.4, -0.2) is 45.7 Å². The van der Waals surface area contributed by atoms with Gasteiger partial charge >= 0.3 is 0 Å². The van der Waals surface area contributed by atoms with Crippen molar-refractivity contribution in [3.8, 4) is 0 Å². The zero-order valence-electron chi connectivity index (χ0n) is 12.3. The molecule has 2 saturated heterocycles. The summed E-state index contributed by atoms with van der Waals surface area (Å²) >= 11 is 1.58. The number of nitrogens with zero attached hydrogens (tertiary/aromatic N) is 3. The average molecular weight is 307 g/mol. The summed E-state index contributed by atoms with van der Waals surface area (Å²) < 4.78 is 0. The van der Waals surface area contributed by atoms with Crippen LogP contribution in [0, 0.1) is 0 Å². The Labute approximate surface area is 129 Å². The zero-order valence-corrected chi connectivity index (χ0v) is 13.1. The highest BCUT2D eigenvalue weighted by Crippen LogP contribution is 2.31. The fourth-order valence-corrected chi connectivity index (χ4v) is 4.22. The molecule has 21 heavy (non-hydrogen) atoms. The largest absolute Gasteiger partial charge is 0.331 e. The molecule has 0 bridgehead atoms. The maximum Gasteiger partial charge on any atom is 0.245 e. The second-order valence-corrected chi connectivity index (χ2v) is 6.60. The van der Waals surface area contributed by atoms with Crippen LogP contribution in [0.4, 0.5) is 0 Å². The molecule has 0 radical (unpaired) electrons. The minimum atomic E-state index is -0.247. The van der Waals surface area contributed by atoms with Gasteiger partial charge < -0.3 is 9.80 Å². The van der Waals surface area contributed by atoms with Gasteiger partial charge in [0.05, 0.1) is 6.04 Å². The van der Waals surface area contributed by atoms with Crippen molar-refractivity contribution in [1.29, 1.82) is 0 Å². The Morgan fingerprint density at radius 2 is 2.24 bits per heavy atom. The first kappa shape index (κ1) is 14.5. The van der Waals surface area contributed by atoms with E-state index < -0.39 is 0 Å². The van der Waals surface area contributed by atoms with E-state index in [0.717, 1.165) is 37.2 Å². The second-order valence-electron chi connectivity index (χ2n) is 5.67. The lowest BCUT2D eigenvalue weighted by molar-refractivity contribution is -0.144. The number of aromatic nitrogens is 1. The van der Waals surface area contributed by atoms with E-state index in [4.69, 9.17) is 0 Å². The van der Waals surface area contributed by atoms with E-state index in [1.54, 1.807) is 22.4 Å². The first-order chi connectivity index (χ1) is 10.2. The van der Waals surface area contributed by atoms with Gasteiger partial charge in [0.15, 0.2) is 0 Å². The SMILES string of the molecule is CCC(c1nccs1)N1CCC(=O)N2CCCCC2C1=O. The summed E-state index contributed by atoms with van der Waals surface area (Å²) in [5, 5.41) is 2.92. The third kappa shape index (κ3) is 2.69. The van der Waals surface area contributed by atoms with E-state index in [2.05, 4.69) is 11.9 Å². The first-order valence-corrected chi connectivity index (χ1v) is 8.59. The number of carbonyl (C=O) groups excluding carboxylic acids is 2. The highest BCUT2D eigenvalue weighted by atomic mass is 32.1. The lowest BCUT2D eigenvalue weighted by atomic mass is 10.0. The molecule has 0 aromatic carbocycles.